The number of para-hydroxylation sites is 1. The third-order valence-electron chi connectivity index (χ3n) is 1.54. The number of aromatic carboxylic acids is 1. The zero-order valence-electron chi connectivity index (χ0n) is 6.91. The summed E-state index contributed by atoms with van der Waals surface area (Å²) in [5.41, 5.74) is -0.565. The molecule has 0 unspecified atom stereocenters. The molecule has 0 bridgehead atoms. The molecule has 0 aliphatic carbocycles. The Hall–Kier alpha value is -2.08. The highest BCUT2D eigenvalue weighted by Gasteiger charge is 2.18. The molecule has 1 aromatic rings. The minimum absolute atomic E-state index is 0.135. The van der Waals surface area contributed by atoms with Gasteiger partial charge in [0.1, 0.15) is 0 Å². The fraction of sp³-hybridized carbons (Fsp3) is 0. The summed E-state index contributed by atoms with van der Waals surface area (Å²) in [6.45, 7) is 0. The van der Waals surface area contributed by atoms with Gasteiger partial charge >= 0.3 is 12.1 Å². The number of carbonyl (C=O) groups is 2. The van der Waals surface area contributed by atoms with E-state index in [9.17, 15) is 9.59 Å². The molecule has 14 heavy (non-hydrogen) atoms. The molecule has 0 heterocycles. The van der Waals surface area contributed by atoms with E-state index in [2.05, 4.69) is 0 Å². The molecule has 6 heteroatoms. The second-order valence-corrected chi connectivity index (χ2v) is 2.42. The Bertz CT molecular complexity index is 376. The van der Waals surface area contributed by atoms with Crippen molar-refractivity contribution in [3.63, 3.8) is 0 Å². The van der Waals surface area contributed by atoms with Crippen LogP contribution in [0, 0.1) is 0 Å². The van der Waals surface area contributed by atoms with Gasteiger partial charge in [-0.2, -0.15) is 5.06 Å². The van der Waals surface area contributed by atoms with E-state index in [0.717, 1.165) is 0 Å². The summed E-state index contributed by atoms with van der Waals surface area (Å²) < 4.78 is 0. The number of carboxylic acid groups (broad SMARTS) is 2. The summed E-state index contributed by atoms with van der Waals surface area (Å²) in [5, 5.41) is 26.0. The molecule has 0 aliphatic rings. The lowest BCUT2D eigenvalue weighted by molar-refractivity contribution is 0.0696. The van der Waals surface area contributed by atoms with Crippen molar-refractivity contribution in [2.75, 3.05) is 5.06 Å². The lowest BCUT2D eigenvalue weighted by Crippen LogP contribution is -2.26. The van der Waals surface area contributed by atoms with Crippen molar-refractivity contribution in [3.8, 4) is 0 Å². The van der Waals surface area contributed by atoms with Gasteiger partial charge in [-0.05, 0) is 12.1 Å². The maximum Gasteiger partial charge on any atom is 0.436 e. The third-order valence-corrected chi connectivity index (χ3v) is 1.54. The number of nitrogens with zero attached hydrogens (tertiary/aromatic N) is 1. The normalized spacial score (nSPS) is 9.50. The van der Waals surface area contributed by atoms with E-state index < -0.39 is 12.1 Å². The SMILES string of the molecule is O=C(O)c1ccccc1N(O)C(=O)O. The third kappa shape index (κ3) is 1.80. The van der Waals surface area contributed by atoms with Crippen LogP contribution >= 0.6 is 0 Å². The quantitative estimate of drug-likeness (QED) is 0.489. The summed E-state index contributed by atoms with van der Waals surface area (Å²) in [5.74, 6) is -1.30. The van der Waals surface area contributed by atoms with Gasteiger partial charge in [0.25, 0.3) is 0 Å². The average molecular weight is 197 g/mol. The smallest absolute Gasteiger partial charge is 0.436 e. The number of amides is 1. The number of hydroxylamine groups is 1. The number of hydrogen-bond donors (Lipinski definition) is 3. The van der Waals surface area contributed by atoms with Crippen molar-refractivity contribution in [2.45, 2.75) is 0 Å². The highest BCUT2D eigenvalue weighted by molar-refractivity contribution is 5.98. The van der Waals surface area contributed by atoms with Gasteiger partial charge in [0.2, 0.25) is 0 Å². The molecule has 0 radical (unpaired) electrons. The topological polar surface area (TPSA) is 98.1 Å². The standard InChI is InChI=1S/C8H7NO5/c10-7(11)5-3-1-2-4-6(5)9(14)8(12)13/h1-4,14H,(H,10,11)(H,12,13). The van der Waals surface area contributed by atoms with E-state index >= 15 is 0 Å². The number of benzene rings is 1. The molecule has 1 rings (SSSR count). The molecular weight excluding hydrogens is 190 g/mol. The van der Waals surface area contributed by atoms with E-state index in [1.807, 2.05) is 0 Å². The van der Waals surface area contributed by atoms with Crippen LogP contribution in [0.15, 0.2) is 24.3 Å². The molecular formula is C8H7NO5. The second kappa shape index (κ2) is 3.75. The Morgan fingerprint density at radius 3 is 2.21 bits per heavy atom. The Balaban J connectivity index is 3.19. The summed E-state index contributed by atoms with van der Waals surface area (Å²) in [6.07, 6.45) is -1.64. The minimum Gasteiger partial charge on any atom is -0.478 e. The molecule has 3 N–H and O–H groups in total. The first-order chi connectivity index (χ1) is 6.54. The van der Waals surface area contributed by atoms with Crippen LogP contribution in [-0.2, 0) is 0 Å². The molecule has 1 amide bonds. The van der Waals surface area contributed by atoms with Gasteiger partial charge in [-0.25, -0.2) is 9.59 Å². The second-order valence-electron chi connectivity index (χ2n) is 2.42. The zero-order chi connectivity index (χ0) is 10.7. The maximum absolute atomic E-state index is 10.6. The number of rotatable bonds is 2. The molecule has 0 saturated carbocycles. The van der Waals surface area contributed by atoms with E-state index in [0.29, 0.717) is 0 Å². The van der Waals surface area contributed by atoms with Gasteiger partial charge in [-0.3, -0.25) is 5.21 Å². The lowest BCUT2D eigenvalue weighted by Gasteiger charge is -2.12. The first-order valence-electron chi connectivity index (χ1n) is 3.58. The van der Waals surface area contributed by atoms with Crippen LogP contribution in [0.3, 0.4) is 0 Å². The van der Waals surface area contributed by atoms with Crippen molar-refractivity contribution < 1.29 is 25.0 Å². The Morgan fingerprint density at radius 1 is 1.14 bits per heavy atom. The molecule has 0 saturated heterocycles. The molecule has 0 aliphatic heterocycles. The van der Waals surface area contributed by atoms with Crippen LogP contribution in [0.1, 0.15) is 10.4 Å². The van der Waals surface area contributed by atoms with Crippen LogP contribution in [0.4, 0.5) is 10.5 Å². The van der Waals surface area contributed by atoms with Gasteiger partial charge in [-0.15, -0.1) is 0 Å². The molecule has 0 fully saturated rings. The molecule has 0 atom stereocenters. The van der Waals surface area contributed by atoms with Crippen molar-refractivity contribution >= 4 is 17.7 Å². The number of hydrogen-bond acceptors (Lipinski definition) is 3. The minimum atomic E-state index is -1.64. The number of anilines is 1. The van der Waals surface area contributed by atoms with Gasteiger partial charge in [0.05, 0.1) is 11.3 Å². The molecule has 74 valence electrons. The Kier molecular flexibility index (Phi) is 2.68. The maximum atomic E-state index is 10.6. The molecule has 0 aromatic heterocycles. The van der Waals surface area contributed by atoms with Crippen molar-refractivity contribution in [1.29, 1.82) is 0 Å². The largest absolute Gasteiger partial charge is 0.478 e. The van der Waals surface area contributed by atoms with Gasteiger partial charge in [0.15, 0.2) is 0 Å². The van der Waals surface area contributed by atoms with E-state index in [4.69, 9.17) is 15.4 Å². The van der Waals surface area contributed by atoms with E-state index in [1.54, 1.807) is 0 Å². The van der Waals surface area contributed by atoms with Crippen LogP contribution in [-0.4, -0.2) is 27.5 Å². The monoisotopic (exact) mass is 197 g/mol. The highest BCUT2D eigenvalue weighted by atomic mass is 16.6. The predicted molar refractivity (Wildman–Crippen MR) is 45.7 cm³/mol. The fourth-order valence-electron chi connectivity index (χ4n) is 0.942. The number of carboxylic acids is 1. The fourth-order valence-corrected chi connectivity index (χ4v) is 0.942. The predicted octanol–water partition coefficient (Wildman–Crippen LogP) is 1.26. The first-order valence-corrected chi connectivity index (χ1v) is 3.58. The van der Waals surface area contributed by atoms with Gasteiger partial charge in [-0.1, -0.05) is 12.1 Å². The highest BCUT2D eigenvalue weighted by Crippen LogP contribution is 2.18. The van der Waals surface area contributed by atoms with Crippen LogP contribution in [0.2, 0.25) is 0 Å². The first kappa shape index (κ1) is 10.0. The van der Waals surface area contributed by atoms with Crippen LogP contribution in [0.25, 0.3) is 0 Å². The summed E-state index contributed by atoms with van der Waals surface area (Å²) >= 11 is 0. The Morgan fingerprint density at radius 2 is 1.71 bits per heavy atom. The van der Waals surface area contributed by atoms with Crippen molar-refractivity contribution in [1.82, 2.24) is 0 Å². The average Bonchev–Trinajstić information content (AvgIpc) is 2.16. The molecule has 0 spiro atoms. The van der Waals surface area contributed by atoms with E-state index in [1.165, 1.54) is 24.3 Å². The molecule has 1 aromatic carbocycles. The summed E-state index contributed by atoms with van der Waals surface area (Å²) in [6, 6.07) is 5.25. The summed E-state index contributed by atoms with van der Waals surface area (Å²) in [7, 11) is 0. The Labute approximate surface area is 78.6 Å². The van der Waals surface area contributed by atoms with Gasteiger partial charge in [0, 0.05) is 0 Å². The van der Waals surface area contributed by atoms with Crippen LogP contribution < -0.4 is 5.06 Å². The van der Waals surface area contributed by atoms with Crippen molar-refractivity contribution in [3.05, 3.63) is 29.8 Å². The van der Waals surface area contributed by atoms with Crippen LogP contribution in [0.5, 0.6) is 0 Å². The van der Waals surface area contributed by atoms with E-state index in [-0.39, 0.29) is 16.3 Å². The zero-order valence-corrected chi connectivity index (χ0v) is 6.91. The molecule has 6 nitrogen and oxygen atoms in total. The summed E-state index contributed by atoms with van der Waals surface area (Å²) in [4.78, 5) is 21.0. The van der Waals surface area contributed by atoms with Gasteiger partial charge < -0.3 is 10.2 Å². The lowest BCUT2D eigenvalue weighted by atomic mass is 10.2. The van der Waals surface area contributed by atoms with Crippen molar-refractivity contribution in [2.24, 2.45) is 0 Å².